The van der Waals surface area contributed by atoms with Gasteiger partial charge in [-0.05, 0) is 0 Å². The maximum atomic E-state index is 11.7. The summed E-state index contributed by atoms with van der Waals surface area (Å²) in [6.45, 7) is 2.17. The monoisotopic (exact) mass is 367 g/mol. The van der Waals surface area contributed by atoms with Gasteiger partial charge in [-0.1, -0.05) is 12.2 Å². The molecule has 25 heavy (non-hydrogen) atoms. The quantitative estimate of drug-likeness (QED) is 0.647. The summed E-state index contributed by atoms with van der Waals surface area (Å²) < 4.78 is 7.32. The zero-order valence-corrected chi connectivity index (χ0v) is 14.4. The van der Waals surface area contributed by atoms with Gasteiger partial charge < -0.3 is 19.9 Å². The number of nitrogens with zero attached hydrogens (tertiary/aromatic N) is 4. The molecule has 0 radical (unpaired) electrons. The Bertz CT molecular complexity index is 879. The average Bonchev–Trinajstić information content (AvgIpc) is 3.09. The summed E-state index contributed by atoms with van der Waals surface area (Å²) in [5.74, 6) is -1.04. The van der Waals surface area contributed by atoms with E-state index in [4.69, 9.17) is 17.0 Å². The molecule has 1 fully saturated rings. The molecule has 2 aromatic rings. The first kappa shape index (κ1) is 17.6. The largest absolute Gasteiger partial charge is 0.394 e. The van der Waals surface area contributed by atoms with Crippen LogP contribution in [0.2, 0.25) is 0 Å². The highest BCUT2D eigenvalue weighted by Gasteiger charge is 2.35. The van der Waals surface area contributed by atoms with E-state index in [0.29, 0.717) is 11.2 Å². The lowest BCUT2D eigenvalue weighted by molar-refractivity contribution is -0.124. The summed E-state index contributed by atoms with van der Waals surface area (Å²) >= 11 is 5.20. The van der Waals surface area contributed by atoms with Crippen LogP contribution >= 0.6 is 12.2 Å². The first-order valence-corrected chi connectivity index (χ1v) is 7.96. The summed E-state index contributed by atoms with van der Waals surface area (Å²) in [6, 6.07) is 0. The molecule has 1 aliphatic heterocycles. The minimum atomic E-state index is -0.817. The van der Waals surface area contributed by atoms with Gasteiger partial charge in [0.15, 0.2) is 4.64 Å². The van der Waals surface area contributed by atoms with E-state index >= 15 is 0 Å². The highest BCUT2D eigenvalue weighted by atomic mass is 32.1. The lowest BCUT2D eigenvalue weighted by atomic mass is 10.2. The Hall–Kier alpha value is -2.21. The van der Waals surface area contributed by atoms with Crippen LogP contribution in [0.1, 0.15) is 26.5 Å². The number of hydrogen-bond donors (Lipinski definition) is 3. The predicted octanol–water partition coefficient (Wildman–Crippen LogP) is 0.0290. The van der Waals surface area contributed by atoms with E-state index in [0.717, 1.165) is 4.90 Å². The third-order valence-corrected chi connectivity index (χ3v) is 4.25. The van der Waals surface area contributed by atoms with Gasteiger partial charge in [0.05, 0.1) is 19.0 Å². The standard InChI is InChI=1S/C14H17N5O5S/c1-6(21)19(7(2)22)14-16-12-11(13(25)17-14)15-5-18(12)10-3-8(23)9(4-20)24-10/h5,8-10,20,23H,3-4H2,1-2H3,(H,16,17,25)/t8-,9+,10+/m0/s1. The molecule has 134 valence electrons. The normalized spacial score (nSPS) is 23.1. The SMILES string of the molecule is CC(=O)N(C(C)=O)c1nc(=S)c2ncn([C@H]3C[C@H](O)[C@@H](CO)O3)c2[nH]1. The van der Waals surface area contributed by atoms with Crippen molar-refractivity contribution >= 4 is 41.1 Å². The minimum absolute atomic E-state index is 0.0171. The number of hydrogen-bond acceptors (Lipinski definition) is 8. The van der Waals surface area contributed by atoms with Crippen LogP contribution in [0.3, 0.4) is 0 Å². The van der Waals surface area contributed by atoms with Crippen LogP contribution in [0.25, 0.3) is 11.2 Å². The fraction of sp³-hybridized carbons (Fsp3) is 0.500. The van der Waals surface area contributed by atoms with Crippen LogP contribution in [0.4, 0.5) is 5.95 Å². The van der Waals surface area contributed by atoms with Gasteiger partial charge in [-0.15, -0.1) is 0 Å². The number of nitrogens with one attached hydrogen (secondary N) is 1. The highest BCUT2D eigenvalue weighted by Crippen LogP contribution is 2.31. The van der Waals surface area contributed by atoms with Gasteiger partial charge in [-0.25, -0.2) is 14.9 Å². The molecule has 0 aromatic carbocycles. The lowest BCUT2D eigenvalue weighted by Crippen LogP contribution is -2.34. The van der Waals surface area contributed by atoms with Gasteiger partial charge in [0.25, 0.3) is 0 Å². The summed E-state index contributed by atoms with van der Waals surface area (Å²) in [6.07, 6.45) is -0.384. The van der Waals surface area contributed by atoms with Crippen molar-refractivity contribution in [2.24, 2.45) is 0 Å². The number of amides is 2. The Morgan fingerprint density at radius 2 is 2.16 bits per heavy atom. The topological polar surface area (TPSA) is 134 Å². The molecule has 3 heterocycles. The molecule has 3 rings (SSSR count). The van der Waals surface area contributed by atoms with Crippen LogP contribution < -0.4 is 4.90 Å². The number of ether oxygens (including phenoxy) is 1. The average molecular weight is 367 g/mol. The third-order valence-electron chi connectivity index (χ3n) is 3.97. The second kappa shape index (κ2) is 6.59. The van der Waals surface area contributed by atoms with E-state index < -0.39 is 30.3 Å². The molecule has 0 unspecified atom stereocenters. The first-order chi connectivity index (χ1) is 11.8. The second-order valence-corrected chi connectivity index (χ2v) is 6.09. The number of aromatic amines is 1. The van der Waals surface area contributed by atoms with Crippen molar-refractivity contribution in [2.45, 2.75) is 38.7 Å². The summed E-state index contributed by atoms with van der Waals surface area (Å²) in [7, 11) is 0. The second-order valence-electron chi connectivity index (χ2n) is 5.70. The van der Waals surface area contributed by atoms with Gasteiger partial charge in [0.2, 0.25) is 17.8 Å². The van der Waals surface area contributed by atoms with Crippen LogP contribution in [-0.2, 0) is 14.3 Å². The van der Waals surface area contributed by atoms with Gasteiger partial charge >= 0.3 is 0 Å². The maximum absolute atomic E-state index is 11.7. The van der Waals surface area contributed by atoms with E-state index in [1.165, 1.54) is 20.2 Å². The van der Waals surface area contributed by atoms with Crippen LogP contribution in [-0.4, -0.2) is 60.4 Å². The molecule has 3 atom stereocenters. The van der Waals surface area contributed by atoms with Crippen LogP contribution in [0.5, 0.6) is 0 Å². The van der Waals surface area contributed by atoms with E-state index in [9.17, 15) is 19.8 Å². The zero-order valence-electron chi connectivity index (χ0n) is 13.5. The van der Waals surface area contributed by atoms with Crippen molar-refractivity contribution in [2.75, 3.05) is 11.5 Å². The van der Waals surface area contributed by atoms with Gasteiger partial charge in [-0.3, -0.25) is 14.2 Å². The molecule has 0 spiro atoms. The Labute approximate surface area is 147 Å². The van der Waals surface area contributed by atoms with E-state index in [-0.39, 0.29) is 23.6 Å². The van der Waals surface area contributed by atoms with E-state index in [2.05, 4.69) is 15.0 Å². The lowest BCUT2D eigenvalue weighted by Gasteiger charge is -2.17. The number of aliphatic hydroxyl groups excluding tert-OH is 2. The number of imidazole rings is 1. The molecule has 0 aliphatic carbocycles. The molecule has 3 N–H and O–H groups in total. The van der Waals surface area contributed by atoms with Gasteiger partial charge in [0.1, 0.15) is 23.5 Å². The molecule has 2 aromatic heterocycles. The number of imide groups is 1. The molecule has 2 amide bonds. The number of carbonyl (C=O) groups excluding carboxylic acids is 2. The van der Waals surface area contributed by atoms with E-state index in [1.807, 2.05) is 0 Å². The molecule has 1 aliphatic rings. The number of H-pyrrole nitrogens is 1. The van der Waals surface area contributed by atoms with Crippen molar-refractivity contribution in [1.82, 2.24) is 19.5 Å². The summed E-state index contributed by atoms with van der Waals surface area (Å²) in [5, 5.41) is 19.1. The molecule has 0 bridgehead atoms. The molecular weight excluding hydrogens is 350 g/mol. The maximum Gasteiger partial charge on any atom is 0.233 e. The van der Waals surface area contributed by atoms with Crippen LogP contribution in [0, 0.1) is 4.64 Å². The Balaban J connectivity index is 2.09. The third kappa shape index (κ3) is 3.06. The smallest absolute Gasteiger partial charge is 0.233 e. The highest BCUT2D eigenvalue weighted by molar-refractivity contribution is 7.71. The molecular formula is C14H17N5O5S. The van der Waals surface area contributed by atoms with Crippen molar-refractivity contribution in [1.29, 1.82) is 0 Å². The van der Waals surface area contributed by atoms with Crippen molar-refractivity contribution in [3.8, 4) is 0 Å². The minimum Gasteiger partial charge on any atom is -0.394 e. The zero-order chi connectivity index (χ0) is 18.3. The molecule has 10 nitrogen and oxygen atoms in total. The number of aliphatic hydroxyl groups is 2. The van der Waals surface area contributed by atoms with E-state index in [1.54, 1.807) is 4.57 Å². The van der Waals surface area contributed by atoms with Crippen LogP contribution in [0.15, 0.2) is 6.33 Å². The van der Waals surface area contributed by atoms with Crippen molar-refractivity contribution < 1.29 is 24.5 Å². The van der Waals surface area contributed by atoms with Gasteiger partial charge in [-0.2, -0.15) is 0 Å². The predicted molar refractivity (Wildman–Crippen MR) is 88.2 cm³/mol. The number of rotatable bonds is 3. The Morgan fingerprint density at radius 1 is 1.48 bits per heavy atom. The fourth-order valence-electron chi connectivity index (χ4n) is 2.82. The van der Waals surface area contributed by atoms with Gasteiger partial charge in [0, 0.05) is 20.3 Å². The first-order valence-electron chi connectivity index (χ1n) is 7.56. The Kier molecular flexibility index (Phi) is 4.64. The number of anilines is 1. The Morgan fingerprint density at radius 3 is 2.72 bits per heavy atom. The van der Waals surface area contributed by atoms with Crippen molar-refractivity contribution in [3.05, 3.63) is 11.0 Å². The number of aromatic nitrogens is 4. The van der Waals surface area contributed by atoms with Crippen molar-refractivity contribution in [3.63, 3.8) is 0 Å². The molecule has 1 saturated heterocycles. The fourth-order valence-corrected chi connectivity index (χ4v) is 3.05. The molecule has 11 heteroatoms. The number of fused-ring (bicyclic) bond motifs is 1. The number of carbonyl (C=O) groups is 2. The molecule has 0 saturated carbocycles. The summed E-state index contributed by atoms with van der Waals surface area (Å²) in [5.41, 5.74) is 0.773. The summed E-state index contributed by atoms with van der Waals surface area (Å²) in [4.78, 5) is 35.5.